The van der Waals surface area contributed by atoms with Crippen molar-refractivity contribution in [1.82, 2.24) is 0 Å². The van der Waals surface area contributed by atoms with E-state index in [2.05, 4.69) is 4.84 Å². The summed E-state index contributed by atoms with van der Waals surface area (Å²) in [4.78, 5) is 24.9. The van der Waals surface area contributed by atoms with Crippen molar-refractivity contribution in [2.24, 2.45) is 0 Å². The molecule has 6 heteroatoms. The van der Waals surface area contributed by atoms with Crippen LogP contribution < -0.4 is 4.74 Å². The lowest BCUT2D eigenvalue weighted by Gasteiger charge is -2.12. The van der Waals surface area contributed by atoms with E-state index in [9.17, 15) is 14.9 Å². The van der Waals surface area contributed by atoms with Crippen LogP contribution in [0.4, 0.5) is 0 Å². The molecule has 1 atom stereocenters. The molecular formula is C10H11NO5. The van der Waals surface area contributed by atoms with E-state index in [0.717, 1.165) is 0 Å². The predicted octanol–water partition coefficient (Wildman–Crippen LogP) is 1.47. The van der Waals surface area contributed by atoms with Gasteiger partial charge in [-0.2, -0.15) is 0 Å². The van der Waals surface area contributed by atoms with Crippen LogP contribution in [0.15, 0.2) is 24.3 Å². The lowest BCUT2D eigenvalue weighted by Crippen LogP contribution is -2.21. The highest BCUT2D eigenvalue weighted by Crippen LogP contribution is 2.15. The van der Waals surface area contributed by atoms with Crippen LogP contribution in [0.2, 0.25) is 0 Å². The molecule has 0 aliphatic heterocycles. The molecule has 0 fully saturated rings. The first-order valence-corrected chi connectivity index (χ1v) is 4.61. The van der Waals surface area contributed by atoms with Crippen LogP contribution in [0.25, 0.3) is 0 Å². The maximum Gasteiger partial charge on any atom is 0.294 e. The topological polar surface area (TPSA) is 78.7 Å². The molecule has 0 spiro atoms. The molecule has 0 aliphatic rings. The summed E-state index contributed by atoms with van der Waals surface area (Å²) in [5.41, 5.74) is 0.399. The van der Waals surface area contributed by atoms with Crippen molar-refractivity contribution in [3.63, 3.8) is 0 Å². The Bertz CT molecular complexity index is 379. The minimum Gasteiger partial charge on any atom is -0.491 e. The van der Waals surface area contributed by atoms with Gasteiger partial charge in [-0.25, -0.2) is 0 Å². The molecule has 0 saturated heterocycles. The molecule has 0 saturated carbocycles. The first kappa shape index (κ1) is 12.0. The number of rotatable bonds is 6. The van der Waals surface area contributed by atoms with E-state index in [1.807, 2.05) is 0 Å². The standard InChI is InChI=1S/C10H11NO5/c1-8(16-11(13)14)7-15-10-5-3-2-4-9(10)6-12/h2-6,8H,7H2,1H3. The molecular weight excluding hydrogens is 214 g/mol. The zero-order chi connectivity index (χ0) is 12.0. The number of ether oxygens (including phenoxy) is 1. The second kappa shape index (κ2) is 5.69. The lowest BCUT2D eigenvalue weighted by atomic mass is 10.2. The lowest BCUT2D eigenvalue weighted by molar-refractivity contribution is -0.767. The number of hydrogen-bond acceptors (Lipinski definition) is 5. The van der Waals surface area contributed by atoms with Gasteiger partial charge in [0.25, 0.3) is 5.09 Å². The Morgan fingerprint density at radius 2 is 2.19 bits per heavy atom. The first-order valence-electron chi connectivity index (χ1n) is 4.61. The van der Waals surface area contributed by atoms with Gasteiger partial charge < -0.3 is 9.57 Å². The highest BCUT2D eigenvalue weighted by atomic mass is 17.0. The monoisotopic (exact) mass is 225 g/mol. The van der Waals surface area contributed by atoms with Gasteiger partial charge in [0.15, 0.2) is 6.29 Å². The van der Waals surface area contributed by atoms with Crippen LogP contribution in [0.5, 0.6) is 5.75 Å². The van der Waals surface area contributed by atoms with Gasteiger partial charge in [0.05, 0.1) is 5.56 Å². The predicted molar refractivity (Wildman–Crippen MR) is 54.9 cm³/mol. The molecule has 0 bridgehead atoms. The summed E-state index contributed by atoms with van der Waals surface area (Å²) in [5, 5.41) is 9.14. The Hall–Kier alpha value is -2.11. The molecule has 6 nitrogen and oxygen atoms in total. The molecule has 0 aromatic heterocycles. The van der Waals surface area contributed by atoms with Crippen molar-refractivity contribution >= 4 is 6.29 Å². The number of nitrogens with zero attached hydrogens (tertiary/aromatic N) is 1. The molecule has 0 aliphatic carbocycles. The number of para-hydroxylation sites is 1. The smallest absolute Gasteiger partial charge is 0.294 e. The maximum absolute atomic E-state index is 10.6. The third-order valence-corrected chi connectivity index (χ3v) is 1.79. The Morgan fingerprint density at radius 3 is 2.81 bits per heavy atom. The van der Waals surface area contributed by atoms with E-state index in [0.29, 0.717) is 17.6 Å². The normalized spacial score (nSPS) is 11.6. The Morgan fingerprint density at radius 1 is 1.50 bits per heavy atom. The van der Waals surface area contributed by atoms with Crippen molar-refractivity contribution in [2.45, 2.75) is 13.0 Å². The zero-order valence-electron chi connectivity index (χ0n) is 8.66. The molecule has 0 radical (unpaired) electrons. The van der Waals surface area contributed by atoms with Crippen LogP contribution >= 0.6 is 0 Å². The first-order chi connectivity index (χ1) is 7.63. The van der Waals surface area contributed by atoms with E-state index < -0.39 is 11.2 Å². The minimum absolute atomic E-state index is 0.00579. The van der Waals surface area contributed by atoms with Crippen molar-refractivity contribution in [3.05, 3.63) is 39.9 Å². The van der Waals surface area contributed by atoms with Crippen LogP contribution in [-0.2, 0) is 4.84 Å². The fourth-order valence-corrected chi connectivity index (χ4v) is 1.09. The maximum atomic E-state index is 10.6. The number of aldehydes is 1. The van der Waals surface area contributed by atoms with Crippen LogP contribution in [-0.4, -0.2) is 24.1 Å². The van der Waals surface area contributed by atoms with E-state index in [1.165, 1.54) is 6.92 Å². The number of hydrogen-bond donors (Lipinski definition) is 0. The summed E-state index contributed by atoms with van der Waals surface area (Å²) >= 11 is 0. The summed E-state index contributed by atoms with van der Waals surface area (Å²) in [6.45, 7) is 1.51. The van der Waals surface area contributed by atoms with Crippen LogP contribution in [0.3, 0.4) is 0 Å². The molecule has 0 N–H and O–H groups in total. The Labute approximate surface area is 91.9 Å². The van der Waals surface area contributed by atoms with Crippen LogP contribution in [0.1, 0.15) is 17.3 Å². The second-order valence-electron chi connectivity index (χ2n) is 3.11. The SMILES string of the molecule is CC(COc1ccccc1C=O)O[N+](=O)[O-]. The van der Waals surface area contributed by atoms with Gasteiger partial charge >= 0.3 is 0 Å². The highest BCUT2D eigenvalue weighted by Gasteiger charge is 2.09. The van der Waals surface area contributed by atoms with E-state index in [-0.39, 0.29) is 6.61 Å². The molecule has 1 aromatic carbocycles. The van der Waals surface area contributed by atoms with Gasteiger partial charge in [0.1, 0.15) is 18.5 Å². The molecule has 16 heavy (non-hydrogen) atoms. The fourth-order valence-electron chi connectivity index (χ4n) is 1.09. The Balaban J connectivity index is 2.54. The minimum atomic E-state index is -0.875. The van der Waals surface area contributed by atoms with Crippen molar-refractivity contribution in [1.29, 1.82) is 0 Å². The molecule has 0 amide bonds. The molecule has 86 valence electrons. The highest BCUT2D eigenvalue weighted by molar-refractivity contribution is 5.79. The third-order valence-electron chi connectivity index (χ3n) is 1.79. The largest absolute Gasteiger partial charge is 0.491 e. The van der Waals surface area contributed by atoms with E-state index in [1.54, 1.807) is 24.3 Å². The number of benzene rings is 1. The summed E-state index contributed by atoms with van der Waals surface area (Å²) in [6, 6.07) is 6.62. The van der Waals surface area contributed by atoms with Crippen molar-refractivity contribution in [3.8, 4) is 5.75 Å². The zero-order valence-corrected chi connectivity index (χ0v) is 8.66. The Kier molecular flexibility index (Phi) is 4.26. The molecule has 1 unspecified atom stereocenters. The number of carbonyl (C=O) groups excluding carboxylic acids is 1. The quantitative estimate of drug-likeness (QED) is 0.416. The molecule has 1 aromatic rings. The van der Waals surface area contributed by atoms with Crippen molar-refractivity contribution in [2.75, 3.05) is 6.61 Å². The van der Waals surface area contributed by atoms with Gasteiger partial charge in [0, 0.05) is 0 Å². The van der Waals surface area contributed by atoms with E-state index in [4.69, 9.17) is 4.74 Å². The van der Waals surface area contributed by atoms with Crippen molar-refractivity contribution < 1.29 is 19.5 Å². The third kappa shape index (κ3) is 3.56. The average Bonchev–Trinajstić information content (AvgIpc) is 2.26. The van der Waals surface area contributed by atoms with Gasteiger partial charge in [-0.3, -0.25) is 4.79 Å². The second-order valence-corrected chi connectivity index (χ2v) is 3.11. The van der Waals surface area contributed by atoms with Gasteiger partial charge in [-0.05, 0) is 19.1 Å². The van der Waals surface area contributed by atoms with Gasteiger partial charge in [-0.15, -0.1) is 10.1 Å². The fraction of sp³-hybridized carbons (Fsp3) is 0.300. The van der Waals surface area contributed by atoms with E-state index >= 15 is 0 Å². The summed E-state index contributed by atoms with van der Waals surface area (Å²) in [6.07, 6.45) is -0.0244. The summed E-state index contributed by atoms with van der Waals surface area (Å²) in [5.74, 6) is 0.385. The summed E-state index contributed by atoms with van der Waals surface area (Å²) in [7, 11) is 0. The molecule has 1 rings (SSSR count). The van der Waals surface area contributed by atoms with Crippen LogP contribution in [0, 0.1) is 10.1 Å². The number of carbonyl (C=O) groups is 1. The van der Waals surface area contributed by atoms with Gasteiger partial charge in [0.2, 0.25) is 0 Å². The average molecular weight is 225 g/mol. The summed E-state index contributed by atoms with van der Waals surface area (Å²) < 4.78 is 5.23. The van der Waals surface area contributed by atoms with Gasteiger partial charge in [-0.1, -0.05) is 12.1 Å². The molecule has 0 heterocycles.